The summed E-state index contributed by atoms with van der Waals surface area (Å²) in [6.45, 7) is 8.53. The Morgan fingerprint density at radius 2 is 1.80 bits per heavy atom. The van der Waals surface area contributed by atoms with Crippen LogP contribution in [0.1, 0.15) is 32.7 Å². The molecule has 1 aromatic carbocycles. The first kappa shape index (κ1) is 17.0. The number of thiazole rings is 1. The molecule has 3 rings (SSSR count). The fourth-order valence-electron chi connectivity index (χ4n) is 1.70. The Labute approximate surface area is 126 Å². The van der Waals surface area contributed by atoms with Gasteiger partial charge in [0.25, 0.3) is 0 Å². The molecule has 3 nitrogen and oxygen atoms in total. The molecule has 0 spiro atoms. The van der Waals surface area contributed by atoms with Gasteiger partial charge in [0.1, 0.15) is 17.1 Å². The van der Waals surface area contributed by atoms with E-state index in [9.17, 15) is 0 Å². The predicted molar refractivity (Wildman–Crippen MR) is 92.1 cm³/mol. The minimum absolute atomic E-state index is 0.526. The first-order valence-corrected chi connectivity index (χ1v) is 8.12. The number of rotatable bonds is 2. The molecule has 0 radical (unpaired) electrons. The minimum Gasteiger partial charge on any atom is -0.359 e. The van der Waals surface area contributed by atoms with Gasteiger partial charge in [-0.3, -0.25) is 4.98 Å². The van der Waals surface area contributed by atoms with E-state index in [1.807, 2.05) is 52.1 Å². The fourth-order valence-corrected chi connectivity index (χ4v) is 2.97. The van der Waals surface area contributed by atoms with Crippen LogP contribution in [0.3, 0.4) is 0 Å². The molecular formula is C15H21N2OPS. The molecule has 108 valence electrons. The van der Waals surface area contributed by atoms with Crippen LogP contribution < -0.4 is 0 Å². The van der Waals surface area contributed by atoms with Crippen molar-refractivity contribution in [3.63, 3.8) is 0 Å². The van der Waals surface area contributed by atoms with E-state index in [1.54, 1.807) is 11.3 Å². The van der Waals surface area contributed by atoms with Gasteiger partial charge in [0.15, 0.2) is 0 Å². The number of fused-ring (bicyclic) bond motifs is 3. The first-order chi connectivity index (χ1) is 9.88. The van der Waals surface area contributed by atoms with Crippen LogP contribution in [0.5, 0.6) is 0 Å². The largest absolute Gasteiger partial charge is 0.359 e. The summed E-state index contributed by atoms with van der Waals surface area (Å²) in [4.78, 5) is 8.85. The number of benzene rings is 1. The van der Waals surface area contributed by atoms with E-state index in [0.29, 0.717) is 6.61 Å². The summed E-state index contributed by atoms with van der Waals surface area (Å²) >= 11 is 1.66. The van der Waals surface area contributed by atoms with E-state index >= 15 is 0 Å². The molecule has 0 fully saturated rings. The molecule has 0 aliphatic heterocycles. The molecule has 0 bridgehead atoms. The van der Waals surface area contributed by atoms with Gasteiger partial charge in [-0.15, -0.1) is 11.3 Å². The molecule has 0 amide bonds. The van der Waals surface area contributed by atoms with Crippen LogP contribution >= 0.6 is 20.8 Å². The summed E-state index contributed by atoms with van der Waals surface area (Å²) in [5.74, 6) is 0. The normalized spacial score (nSPS) is 9.65. The van der Waals surface area contributed by atoms with Crippen molar-refractivity contribution in [2.24, 2.45) is 0 Å². The second-order valence-electron chi connectivity index (χ2n) is 3.41. The van der Waals surface area contributed by atoms with Gasteiger partial charge in [-0.05, 0) is 6.07 Å². The van der Waals surface area contributed by atoms with Crippen molar-refractivity contribution in [3.8, 4) is 0 Å². The SMILES string of the molecule is CC.CC.POCc1nc2cnc3ccccc3c2s1. The van der Waals surface area contributed by atoms with Crippen molar-refractivity contribution in [1.82, 2.24) is 9.97 Å². The molecule has 2 aromatic heterocycles. The van der Waals surface area contributed by atoms with E-state index in [-0.39, 0.29) is 0 Å². The van der Waals surface area contributed by atoms with Crippen LogP contribution in [-0.2, 0) is 11.1 Å². The summed E-state index contributed by atoms with van der Waals surface area (Å²) in [7, 11) is 2.24. The number of hydrogen-bond acceptors (Lipinski definition) is 4. The zero-order valence-corrected chi connectivity index (χ0v) is 14.4. The van der Waals surface area contributed by atoms with Crippen molar-refractivity contribution in [2.45, 2.75) is 34.3 Å². The third-order valence-electron chi connectivity index (χ3n) is 2.38. The molecule has 5 heteroatoms. The van der Waals surface area contributed by atoms with Gasteiger partial charge in [-0.2, -0.15) is 0 Å². The lowest BCUT2D eigenvalue weighted by atomic mass is 10.2. The highest BCUT2D eigenvalue weighted by Crippen LogP contribution is 2.29. The van der Waals surface area contributed by atoms with Gasteiger partial charge in [0.05, 0.1) is 16.4 Å². The minimum atomic E-state index is 0.526. The molecular weight excluding hydrogens is 287 g/mol. The smallest absolute Gasteiger partial charge is 0.120 e. The topological polar surface area (TPSA) is 35.0 Å². The van der Waals surface area contributed by atoms with E-state index in [0.717, 1.165) is 21.4 Å². The Balaban J connectivity index is 0.000000461. The maximum Gasteiger partial charge on any atom is 0.120 e. The summed E-state index contributed by atoms with van der Waals surface area (Å²) in [5, 5.41) is 2.13. The average molecular weight is 308 g/mol. The number of nitrogens with zero attached hydrogens (tertiary/aromatic N) is 2. The van der Waals surface area contributed by atoms with Gasteiger partial charge in [-0.1, -0.05) is 45.9 Å². The maximum absolute atomic E-state index is 5.01. The maximum atomic E-state index is 5.01. The van der Waals surface area contributed by atoms with Crippen molar-refractivity contribution < 1.29 is 4.52 Å². The highest BCUT2D eigenvalue weighted by molar-refractivity contribution is 7.19. The molecule has 0 saturated heterocycles. The van der Waals surface area contributed by atoms with Crippen molar-refractivity contribution in [2.75, 3.05) is 0 Å². The molecule has 0 aliphatic rings. The van der Waals surface area contributed by atoms with Crippen LogP contribution in [0.2, 0.25) is 0 Å². The van der Waals surface area contributed by atoms with Crippen molar-refractivity contribution in [1.29, 1.82) is 0 Å². The highest BCUT2D eigenvalue weighted by Gasteiger charge is 2.07. The molecule has 1 atom stereocenters. The molecule has 0 N–H and O–H groups in total. The van der Waals surface area contributed by atoms with E-state index < -0.39 is 0 Å². The third-order valence-corrected chi connectivity index (χ3v) is 3.62. The Morgan fingerprint density at radius 3 is 2.50 bits per heavy atom. The number of aromatic nitrogens is 2. The van der Waals surface area contributed by atoms with Gasteiger partial charge in [-0.25, -0.2) is 4.98 Å². The zero-order valence-electron chi connectivity index (χ0n) is 12.4. The van der Waals surface area contributed by atoms with Gasteiger partial charge < -0.3 is 4.52 Å². The fraction of sp³-hybridized carbons (Fsp3) is 0.333. The first-order valence-electron chi connectivity index (χ1n) is 6.83. The van der Waals surface area contributed by atoms with Gasteiger partial charge in [0, 0.05) is 14.9 Å². The summed E-state index contributed by atoms with van der Waals surface area (Å²) in [6, 6.07) is 8.11. The molecule has 0 aliphatic carbocycles. The molecule has 2 heterocycles. The second-order valence-corrected chi connectivity index (χ2v) is 4.83. The number of para-hydroxylation sites is 1. The Kier molecular flexibility index (Phi) is 7.60. The Bertz CT molecular complexity index is 654. The number of pyridine rings is 1. The van der Waals surface area contributed by atoms with Gasteiger partial charge >= 0.3 is 0 Å². The van der Waals surface area contributed by atoms with Crippen molar-refractivity contribution >= 4 is 41.9 Å². The number of hydrogen-bond donors (Lipinski definition) is 0. The Hall–Kier alpha value is -1.09. The molecule has 20 heavy (non-hydrogen) atoms. The molecule has 3 aromatic rings. The Morgan fingerprint density at radius 1 is 1.10 bits per heavy atom. The van der Waals surface area contributed by atoms with Crippen molar-refractivity contribution in [3.05, 3.63) is 35.5 Å². The molecule has 0 saturated carbocycles. The lowest BCUT2D eigenvalue weighted by Crippen LogP contribution is -1.80. The summed E-state index contributed by atoms with van der Waals surface area (Å²) < 4.78 is 6.20. The van der Waals surface area contributed by atoms with Crippen LogP contribution in [0, 0.1) is 0 Å². The van der Waals surface area contributed by atoms with Gasteiger partial charge in [0.2, 0.25) is 0 Å². The summed E-state index contributed by atoms with van der Waals surface area (Å²) in [6.07, 6.45) is 1.82. The van der Waals surface area contributed by atoms with E-state index in [4.69, 9.17) is 4.52 Å². The standard InChI is InChI=1S/C11H9N2OPS.2C2H6/c15-14-6-10-13-9-5-12-8-4-2-1-3-7(8)11(9)16-10;2*1-2/h1-5H,6,15H2;2*1-2H3. The highest BCUT2D eigenvalue weighted by atomic mass is 32.1. The summed E-state index contributed by atoms with van der Waals surface area (Å²) in [5.41, 5.74) is 1.96. The van der Waals surface area contributed by atoms with Crippen LogP contribution in [-0.4, -0.2) is 9.97 Å². The third kappa shape index (κ3) is 3.72. The van der Waals surface area contributed by atoms with Crippen LogP contribution in [0.4, 0.5) is 0 Å². The quantitative estimate of drug-likeness (QED) is 0.610. The molecule has 1 unspecified atom stereocenters. The predicted octanol–water partition coefficient (Wildman–Crippen LogP) is 5.20. The van der Waals surface area contributed by atoms with Crippen LogP contribution in [0.15, 0.2) is 30.5 Å². The zero-order chi connectivity index (χ0) is 15.0. The lowest BCUT2D eigenvalue weighted by molar-refractivity contribution is 0.361. The average Bonchev–Trinajstić information content (AvgIpc) is 2.95. The van der Waals surface area contributed by atoms with E-state index in [2.05, 4.69) is 25.5 Å². The monoisotopic (exact) mass is 308 g/mol. The van der Waals surface area contributed by atoms with Crippen LogP contribution in [0.25, 0.3) is 21.1 Å². The second kappa shape index (κ2) is 8.96. The van der Waals surface area contributed by atoms with E-state index in [1.165, 1.54) is 4.70 Å². The lowest BCUT2D eigenvalue weighted by Gasteiger charge is -1.95.